The lowest BCUT2D eigenvalue weighted by Gasteiger charge is -2.04. The highest BCUT2D eigenvalue weighted by molar-refractivity contribution is 7.19. The van der Waals surface area contributed by atoms with Crippen molar-refractivity contribution in [3.05, 3.63) is 35.0 Å². The Balaban J connectivity index is 2.27. The van der Waals surface area contributed by atoms with Gasteiger partial charge in [0.1, 0.15) is 5.82 Å². The molecule has 15 heavy (non-hydrogen) atoms. The molecule has 0 amide bonds. The van der Waals surface area contributed by atoms with Crippen LogP contribution < -0.4 is 0 Å². The first-order chi connectivity index (χ1) is 7.16. The second kappa shape index (κ2) is 4.29. The minimum Gasteiger partial charge on any atom is -0.373 e. The van der Waals surface area contributed by atoms with Crippen molar-refractivity contribution in [3.8, 4) is 0 Å². The minimum atomic E-state index is -0.145. The number of halogens is 1. The molecule has 0 atom stereocenters. The highest BCUT2D eigenvalue weighted by Gasteiger charge is 2.06. The maximum absolute atomic E-state index is 13.4. The number of thiophene rings is 1. The molecule has 0 saturated carbocycles. The van der Waals surface area contributed by atoms with Crippen LogP contribution >= 0.6 is 11.3 Å². The zero-order valence-corrected chi connectivity index (χ0v) is 9.60. The summed E-state index contributed by atoms with van der Waals surface area (Å²) in [7, 11) is 0. The predicted molar refractivity (Wildman–Crippen MR) is 61.7 cm³/mol. The predicted octanol–water partition coefficient (Wildman–Crippen LogP) is 3.97. The summed E-state index contributed by atoms with van der Waals surface area (Å²) in [5.41, 5.74) is 0. The Kier molecular flexibility index (Phi) is 3.03. The van der Waals surface area contributed by atoms with E-state index < -0.39 is 0 Å². The van der Waals surface area contributed by atoms with E-state index in [9.17, 15) is 4.39 Å². The molecule has 80 valence electrons. The topological polar surface area (TPSA) is 9.23 Å². The van der Waals surface area contributed by atoms with E-state index in [2.05, 4.69) is 0 Å². The molecule has 0 aliphatic heterocycles. The monoisotopic (exact) mass is 224 g/mol. The third kappa shape index (κ3) is 2.36. The van der Waals surface area contributed by atoms with E-state index >= 15 is 0 Å². The Morgan fingerprint density at radius 2 is 2.20 bits per heavy atom. The van der Waals surface area contributed by atoms with Crippen LogP contribution in [0.5, 0.6) is 0 Å². The summed E-state index contributed by atoms with van der Waals surface area (Å²) < 4.78 is 19.6. The lowest BCUT2D eigenvalue weighted by molar-refractivity contribution is 0.0675. The average Bonchev–Trinajstić information content (AvgIpc) is 2.59. The summed E-state index contributed by atoms with van der Waals surface area (Å²) in [6.45, 7) is 4.55. The maximum atomic E-state index is 13.4. The van der Waals surface area contributed by atoms with Crippen LogP contribution in [-0.2, 0) is 11.3 Å². The summed E-state index contributed by atoms with van der Waals surface area (Å²) >= 11 is 1.47. The van der Waals surface area contributed by atoms with E-state index in [1.54, 1.807) is 6.07 Å². The van der Waals surface area contributed by atoms with Gasteiger partial charge >= 0.3 is 0 Å². The third-order valence-corrected chi connectivity index (χ3v) is 3.24. The van der Waals surface area contributed by atoms with E-state index in [4.69, 9.17) is 4.74 Å². The normalized spacial score (nSPS) is 11.5. The van der Waals surface area contributed by atoms with Crippen LogP contribution in [0.15, 0.2) is 24.3 Å². The molecule has 0 aliphatic rings. The van der Waals surface area contributed by atoms with Crippen LogP contribution in [0.3, 0.4) is 0 Å². The summed E-state index contributed by atoms with van der Waals surface area (Å²) in [6.07, 6.45) is 0.208. The number of ether oxygens (including phenoxy) is 1. The first-order valence-electron chi connectivity index (χ1n) is 4.95. The summed E-state index contributed by atoms with van der Waals surface area (Å²) in [5.74, 6) is -0.145. The highest BCUT2D eigenvalue weighted by atomic mass is 32.1. The molecule has 0 fully saturated rings. The lowest BCUT2D eigenvalue weighted by atomic mass is 10.2. The Morgan fingerprint density at radius 1 is 1.40 bits per heavy atom. The van der Waals surface area contributed by atoms with Crippen molar-refractivity contribution in [1.29, 1.82) is 0 Å². The van der Waals surface area contributed by atoms with Gasteiger partial charge in [-0.2, -0.15) is 0 Å². The average molecular weight is 224 g/mol. The van der Waals surface area contributed by atoms with E-state index in [-0.39, 0.29) is 11.9 Å². The molecule has 0 N–H and O–H groups in total. The van der Waals surface area contributed by atoms with Crippen molar-refractivity contribution in [2.45, 2.75) is 26.6 Å². The van der Waals surface area contributed by atoms with Crippen LogP contribution in [-0.4, -0.2) is 6.10 Å². The Morgan fingerprint density at radius 3 is 2.87 bits per heavy atom. The molecule has 3 heteroatoms. The van der Waals surface area contributed by atoms with Gasteiger partial charge in [0.15, 0.2) is 0 Å². The van der Waals surface area contributed by atoms with Gasteiger partial charge in [-0.1, -0.05) is 12.1 Å². The zero-order valence-electron chi connectivity index (χ0n) is 8.79. The van der Waals surface area contributed by atoms with E-state index in [0.29, 0.717) is 6.61 Å². The summed E-state index contributed by atoms with van der Waals surface area (Å²) in [5, 5.41) is 0.961. The van der Waals surface area contributed by atoms with E-state index in [1.165, 1.54) is 17.4 Å². The molecule has 2 aromatic rings. The maximum Gasteiger partial charge on any atom is 0.140 e. The van der Waals surface area contributed by atoms with Crippen LogP contribution in [0, 0.1) is 5.82 Å². The largest absolute Gasteiger partial charge is 0.373 e. The van der Waals surface area contributed by atoms with Crippen LogP contribution in [0.1, 0.15) is 18.7 Å². The molecule has 1 heterocycles. The van der Waals surface area contributed by atoms with Crippen molar-refractivity contribution in [2.75, 3.05) is 0 Å². The van der Waals surface area contributed by atoms with E-state index in [0.717, 1.165) is 15.0 Å². The first kappa shape index (κ1) is 10.6. The van der Waals surface area contributed by atoms with Gasteiger partial charge in [-0.3, -0.25) is 0 Å². The fraction of sp³-hybridized carbons (Fsp3) is 0.333. The standard InChI is InChI=1S/C12H13FOS/c1-8(2)14-7-10-6-9-4-3-5-11(13)12(9)15-10/h3-6,8H,7H2,1-2H3. The molecule has 0 spiro atoms. The van der Waals surface area contributed by atoms with Gasteiger partial charge in [0.05, 0.1) is 17.4 Å². The van der Waals surface area contributed by atoms with Crippen molar-refractivity contribution >= 4 is 21.4 Å². The summed E-state index contributed by atoms with van der Waals surface area (Å²) in [6, 6.07) is 7.14. The number of rotatable bonds is 3. The second-order valence-corrected chi connectivity index (χ2v) is 4.87. The van der Waals surface area contributed by atoms with Crippen molar-refractivity contribution in [1.82, 2.24) is 0 Å². The third-order valence-electron chi connectivity index (χ3n) is 2.11. The smallest absolute Gasteiger partial charge is 0.140 e. The molecule has 0 bridgehead atoms. The first-order valence-corrected chi connectivity index (χ1v) is 5.77. The van der Waals surface area contributed by atoms with Gasteiger partial charge < -0.3 is 4.74 Å². The van der Waals surface area contributed by atoms with Crippen LogP contribution in [0.4, 0.5) is 4.39 Å². The zero-order chi connectivity index (χ0) is 10.8. The molecule has 1 aromatic carbocycles. The highest BCUT2D eigenvalue weighted by Crippen LogP contribution is 2.28. The number of hydrogen-bond acceptors (Lipinski definition) is 2. The van der Waals surface area contributed by atoms with Gasteiger partial charge in [-0.15, -0.1) is 11.3 Å². The Labute approximate surface area is 92.5 Å². The van der Waals surface area contributed by atoms with E-state index in [1.807, 2.05) is 26.0 Å². The molecule has 2 rings (SSSR count). The molecule has 1 nitrogen and oxygen atoms in total. The Hall–Kier alpha value is -0.930. The van der Waals surface area contributed by atoms with Crippen molar-refractivity contribution in [3.63, 3.8) is 0 Å². The van der Waals surface area contributed by atoms with Gasteiger partial charge in [-0.25, -0.2) is 4.39 Å². The number of benzene rings is 1. The quantitative estimate of drug-likeness (QED) is 0.766. The fourth-order valence-electron chi connectivity index (χ4n) is 1.40. The molecule has 0 unspecified atom stereocenters. The van der Waals surface area contributed by atoms with Gasteiger partial charge in [-0.05, 0) is 31.4 Å². The van der Waals surface area contributed by atoms with Crippen molar-refractivity contribution in [2.24, 2.45) is 0 Å². The second-order valence-electron chi connectivity index (χ2n) is 3.73. The molecule has 0 aliphatic carbocycles. The summed E-state index contributed by atoms with van der Waals surface area (Å²) in [4.78, 5) is 1.07. The SMILES string of the molecule is CC(C)OCc1cc2cccc(F)c2s1. The van der Waals surface area contributed by atoms with Crippen LogP contribution in [0.25, 0.3) is 10.1 Å². The van der Waals surface area contributed by atoms with Crippen LogP contribution in [0.2, 0.25) is 0 Å². The molecule has 0 radical (unpaired) electrons. The number of fused-ring (bicyclic) bond motifs is 1. The number of hydrogen-bond donors (Lipinski definition) is 0. The van der Waals surface area contributed by atoms with Crippen molar-refractivity contribution < 1.29 is 9.13 Å². The van der Waals surface area contributed by atoms with Gasteiger partial charge in [0.25, 0.3) is 0 Å². The van der Waals surface area contributed by atoms with Gasteiger partial charge in [0.2, 0.25) is 0 Å². The minimum absolute atomic E-state index is 0.145. The lowest BCUT2D eigenvalue weighted by Crippen LogP contribution is -2.00. The molecule has 0 saturated heterocycles. The molecular weight excluding hydrogens is 211 g/mol. The van der Waals surface area contributed by atoms with Gasteiger partial charge in [0, 0.05) is 4.88 Å². The molecular formula is C12H13FOS. The fourth-order valence-corrected chi connectivity index (χ4v) is 2.39. The Bertz CT molecular complexity index is 462. The molecule has 1 aromatic heterocycles.